The van der Waals surface area contributed by atoms with Gasteiger partial charge in [-0.1, -0.05) is 0 Å². The van der Waals surface area contributed by atoms with E-state index < -0.39 is 10.0 Å². The molecule has 2 aliphatic heterocycles. The molecule has 1 aromatic rings. The molecule has 9 heteroatoms. The van der Waals surface area contributed by atoms with Crippen LogP contribution in [0.4, 0.5) is 5.69 Å². The lowest BCUT2D eigenvalue weighted by Gasteiger charge is -2.36. The average Bonchev–Trinajstić information content (AvgIpc) is 2.76. The van der Waals surface area contributed by atoms with Crippen LogP contribution in [0, 0.1) is 5.92 Å². The zero-order chi connectivity index (χ0) is 21.6. The number of nitrogens with zero attached hydrogens (tertiary/aromatic N) is 3. The summed E-state index contributed by atoms with van der Waals surface area (Å²) in [5.41, 5.74) is 1.23. The van der Waals surface area contributed by atoms with Crippen molar-refractivity contribution in [1.29, 1.82) is 0 Å². The number of methoxy groups -OCH3 is 1. The van der Waals surface area contributed by atoms with Crippen LogP contribution < -0.4 is 15.0 Å². The largest absolute Gasteiger partial charge is 0.497 e. The number of nitrogens with one attached hydrogen (secondary N) is 1. The minimum absolute atomic E-state index is 0.0625. The number of anilines is 1. The Labute approximate surface area is 180 Å². The average molecular weight is 439 g/mol. The van der Waals surface area contributed by atoms with Gasteiger partial charge in [-0.15, -0.1) is 0 Å². The molecule has 1 aromatic carbocycles. The molecule has 1 amide bonds. The van der Waals surface area contributed by atoms with E-state index >= 15 is 0 Å². The number of amides is 1. The number of hydrogen-bond donors (Lipinski definition) is 1. The van der Waals surface area contributed by atoms with Crippen molar-refractivity contribution in [3.8, 4) is 5.75 Å². The summed E-state index contributed by atoms with van der Waals surface area (Å²) < 4.78 is 29.8. The Kier molecular flexibility index (Phi) is 7.96. The molecule has 0 atom stereocenters. The maximum absolute atomic E-state index is 12.3. The highest BCUT2D eigenvalue weighted by Gasteiger charge is 2.28. The second kappa shape index (κ2) is 10.5. The topological polar surface area (TPSA) is 82.2 Å². The molecule has 0 aliphatic carbocycles. The van der Waals surface area contributed by atoms with E-state index in [9.17, 15) is 13.2 Å². The molecule has 0 saturated carbocycles. The number of rotatable bonds is 8. The maximum atomic E-state index is 12.3. The second-order valence-corrected chi connectivity index (χ2v) is 10.1. The van der Waals surface area contributed by atoms with E-state index in [1.165, 1.54) is 16.2 Å². The molecule has 2 aliphatic rings. The zero-order valence-corrected chi connectivity index (χ0v) is 18.9. The maximum Gasteiger partial charge on any atom is 0.223 e. The van der Waals surface area contributed by atoms with Crippen molar-refractivity contribution in [2.75, 3.05) is 70.6 Å². The van der Waals surface area contributed by atoms with E-state index in [4.69, 9.17) is 4.74 Å². The van der Waals surface area contributed by atoms with Gasteiger partial charge < -0.3 is 15.0 Å². The van der Waals surface area contributed by atoms with Gasteiger partial charge in [0.15, 0.2) is 0 Å². The molecule has 3 rings (SSSR count). The number of piperazine rings is 1. The number of hydrogen-bond acceptors (Lipinski definition) is 6. The van der Waals surface area contributed by atoms with E-state index in [-0.39, 0.29) is 11.8 Å². The first-order valence-electron chi connectivity index (χ1n) is 10.7. The predicted octanol–water partition coefficient (Wildman–Crippen LogP) is 0.995. The van der Waals surface area contributed by atoms with Gasteiger partial charge in [0.1, 0.15) is 5.75 Å². The molecule has 1 N–H and O–H groups in total. The van der Waals surface area contributed by atoms with E-state index in [1.54, 1.807) is 7.11 Å². The highest BCUT2D eigenvalue weighted by molar-refractivity contribution is 7.88. The number of piperidine rings is 1. The van der Waals surface area contributed by atoms with Crippen molar-refractivity contribution >= 4 is 21.6 Å². The van der Waals surface area contributed by atoms with E-state index in [0.29, 0.717) is 32.5 Å². The number of sulfonamides is 1. The highest BCUT2D eigenvalue weighted by Crippen LogP contribution is 2.21. The molecule has 0 bridgehead atoms. The van der Waals surface area contributed by atoms with Gasteiger partial charge in [-0.05, 0) is 50.1 Å². The highest BCUT2D eigenvalue weighted by atomic mass is 32.2. The fraction of sp³-hybridized carbons (Fsp3) is 0.667. The molecule has 2 heterocycles. The van der Waals surface area contributed by atoms with Crippen molar-refractivity contribution < 1.29 is 17.9 Å². The lowest BCUT2D eigenvalue weighted by molar-refractivity contribution is -0.126. The fourth-order valence-electron chi connectivity index (χ4n) is 4.13. The summed E-state index contributed by atoms with van der Waals surface area (Å²) in [7, 11) is -1.47. The lowest BCUT2D eigenvalue weighted by atomic mass is 9.97. The van der Waals surface area contributed by atoms with Crippen LogP contribution in [0.2, 0.25) is 0 Å². The van der Waals surface area contributed by atoms with Crippen molar-refractivity contribution in [3.63, 3.8) is 0 Å². The Morgan fingerprint density at radius 3 is 2.27 bits per heavy atom. The van der Waals surface area contributed by atoms with Crippen LogP contribution in [-0.2, 0) is 14.8 Å². The molecule has 2 saturated heterocycles. The third kappa shape index (κ3) is 6.33. The SMILES string of the molecule is COc1ccc(N2CCN(CCCNC(=O)C3CCN(S(C)(=O)=O)CC3)CC2)cc1. The summed E-state index contributed by atoms with van der Waals surface area (Å²) in [5.74, 6) is 0.865. The summed E-state index contributed by atoms with van der Waals surface area (Å²) in [4.78, 5) is 17.2. The number of carbonyl (C=O) groups is 1. The number of carbonyl (C=O) groups excluding carboxylic acids is 1. The molecule has 168 valence electrons. The Morgan fingerprint density at radius 2 is 1.70 bits per heavy atom. The number of benzene rings is 1. The zero-order valence-electron chi connectivity index (χ0n) is 18.0. The molecule has 2 fully saturated rings. The van der Waals surface area contributed by atoms with E-state index in [1.807, 2.05) is 12.1 Å². The Hall–Kier alpha value is -1.84. The van der Waals surface area contributed by atoms with Crippen LogP contribution in [0.5, 0.6) is 5.75 Å². The third-order valence-electron chi connectivity index (χ3n) is 6.05. The quantitative estimate of drug-likeness (QED) is 0.610. The Balaban J connectivity index is 1.29. The van der Waals surface area contributed by atoms with Gasteiger partial charge in [0, 0.05) is 57.4 Å². The standard InChI is InChI=1S/C21H34N4O4S/c1-29-20-6-4-19(5-7-20)24-16-14-23(15-17-24)11-3-10-22-21(26)18-8-12-25(13-9-18)30(2,27)28/h4-7,18H,3,8-17H2,1-2H3,(H,22,26). The molecular weight excluding hydrogens is 404 g/mol. The molecular formula is C21H34N4O4S. The van der Waals surface area contributed by atoms with Crippen molar-refractivity contribution in [3.05, 3.63) is 24.3 Å². The van der Waals surface area contributed by atoms with Gasteiger partial charge in [0.05, 0.1) is 13.4 Å². The van der Waals surface area contributed by atoms with Crippen LogP contribution in [0.3, 0.4) is 0 Å². The van der Waals surface area contributed by atoms with Crippen molar-refractivity contribution in [2.24, 2.45) is 5.92 Å². The molecule has 0 aromatic heterocycles. The number of ether oxygens (including phenoxy) is 1. The minimum atomic E-state index is -3.15. The van der Waals surface area contributed by atoms with Gasteiger partial charge >= 0.3 is 0 Å². The monoisotopic (exact) mass is 438 g/mol. The van der Waals surface area contributed by atoms with E-state index in [2.05, 4.69) is 27.2 Å². The first kappa shape index (κ1) is 22.8. The van der Waals surface area contributed by atoms with Gasteiger partial charge in [0.2, 0.25) is 15.9 Å². The Morgan fingerprint density at radius 1 is 1.07 bits per heavy atom. The first-order chi connectivity index (χ1) is 14.4. The first-order valence-corrected chi connectivity index (χ1v) is 12.6. The predicted molar refractivity (Wildman–Crippen MR) is 118 cm³/mol. The van der Waals surface area contributed by atoms with Gasteiger partial charge in [-0.2, -0.15) is 0 Å². The molecule has 0 radical (unpaired) electrons. The normalized spacial score (nSPS) is 19.6. The molecule has 0 spiro atoms. The van der Waals surface area contributed by atoms with Crippen LogP contribution in [0.25, 0.3) is 0 Å². The van der Waals surface area contributed by atoms with Crippen LogP contribution in [0.1, 0.15) is 19.3 Å². The summed E-state index contributed by atoms with van der Waals surface area (Å²) in [6.07, 6.45) is 3.36. The van der Waals surface area contributed by atoms with Crippen LogP contribution >= 0.6 is 0 Å². The van der Waals surface area contributed by atoms with Crippen LogP contribution in [-0.4, -0.2) is 89.3 Å². The summed E-state index contributed by atoms with van der Waals surface area (Å²) in [6, 6.07) is 8.19. The van der Waals surface area contributed by atoms with E-state index in [0.717, 1.165) is 44.9 Å². The Bertz CT molecular complexity index is 784. The lowest BCUT2D eigenvalue weighted by Crippen LogP contribution is -2.47. The smallest absolute Gasteiger partial charge is 0.223 e. The van der Waals surface area contributed by atoms with Crippen molar-refractivity contribution in [2.45, 2.75) is 19.3 Å². The summed E-state index contributed by atoms with van der Waals surface area (Å²) >= 11 is 0. The van der Waals surface area contributed by atoms with Crippen molar-refractivity contribution in [1.82, 2.24) is 14.5 Å². The fourth-order valence-corrected chi connectivity index (χ4v) is 5.01. The molecule has 0 unspecified atom stereocenters. The summed E-state index contributed by atoms with van der Waals surface area (Å²) in [6.45, 7) is 6.56. The van der Waals surface area contributed by atoms with Gasteiger partial charge in [0.25, 0.3) is 0 Å². The second-order valence-electron chi connectivity index (χ2n) is 8.11. The minimum Gasteiger partial charge on any atom is -0.497 e. The van der Waals surface area contributed by atoms with Crippen LogP contribution in [0.15, 0.2) is 24.3 Å². The molecule has 30 heavy (non-hydrogen) atoms. The third-order valence-corrected chi connectivity index (χ3v) is 7.36. The summed E-state index contributed by atoms with van der Waals surface area (Å²) in [5, 5.41) is 3.04. The molecule has 8 nitrogen and oxygen atoms in total. The van der Waals surface area contributed by atoms with Gasteiger partial charge in [-0.3, -0.25) is 9.69 Å². The van der Waals surface area contributed by atoms with Gasteiger partial charge in [-0.25, -0.2) is 12.7 Å².